The van der Waals surface area contributed by atoms with Crippen molar-refractivity contribution in [3.63, 3.8) is 0 Å². The lowest BCUT2D eigenvalue weighted by molar-refractivity contribution is -0.115. The monoisotopic (exact) mass is 499 g/mol. The van der Waals surface area contributed by atoms with E-state index in [1.54, 1.807) is 30.0 Å². The van der Waals surface area contributed by atoms with Crippen LogP contribution in [0.25, 0.3) is 0 Å². The van der Waals surface area contributed by atoms with Crippen LogP contribution in [0.2, 0.25) is 0 Å². The summed E-state index contributed by atoms with van der Waals surface area (Å²) in [5.41, 5.74) is 5.34. The molecule has 1 amide bonds. The first-order valence-corrected chi connectivity index (χ1v) is 12.8. The SMILES string of the molecule is CC(=O)N(c1nc(CSc2nnc(Nc3ccccc3F)s2)cs1)c1c(C)cc(C)cc1C. The molecule has 33 heavy (non-hydrogen) atoms. The van der Waals surface area contributed by atoms with Gasteiger partial charge in [-0.3, -0.25) is 9.69 Å². The topological polar surface area (TPSA) is 71.0 Å². The summed E-state index contributed by atoms with van der Waals surface area (Å²) in [4.78, 5) is 18.9. The van der Waals surface area contributed by atoms with Crippen molar-refractivity contribution >= 4 is 62.0 Å². The fourth-order valence-electron chi connectivity index (χ4n) is 3.51. The molecule has 6 nitrogen and oxygen atoms in total. The molecule has 2 heterocycles. The summed E-state index contributed by atoms with van der Waals surface area (Å²) in [7, 11) is 0. The first-order valence-electron chi connectivity index (χ1n) is 10.1. The second-order valence-corrected chi connectivity index (χ2v) is 10.5. The molecule has 0 radical (unpaired) electrons. The van der Waals surface area contributed by atoms with E-state index in [0.717, 1.165) is 32.4 Å². The van der Waals surface area contributed by atoms with Crippen LogP contribution in [0.3, 0.4) is 0 Å². The van der Waals surface area contributed by atoms with Gasteiger partial charge in [0.05, 0.1) is 17.1 Å². The summed E-state index contributed by atoms with van der Waals surface area (Å²) in [6.45, 7) is 7.63. The van der Waals surface area contributed by atoms with E-state index in [4.69, 9.17) is 4.98 Å². The van der Waals surface area contributed by atoms with Gasteiger partial charge in [0, 0.05) is 18.1 Å². The number of thiazole rings is 1. The number of hydrogen-bond acceptors (Lipinski definition) is 8. The quantitative estimate of drug-likeness (QED) is 0.283. The van der Waals surface area contributed by atoms with Crippen LogP contribution >= 0.6 is 34.4 Å². The minimum Gasteiger partial charge on any atom is -0.328 e. The number of hydrogen-bond donors (Lipinski definition) is 1. The predicted octanol–water partition coefficient (Wildman–Crippen LogP) is 6.78. The maximum absolute atomic E-state index is 13.8. The van der Waals surface area contributed by atoms with Crippen molar-refractivity contribution < 1.29 is 9.18 Å². The van der Waals surface area contributed by atoms with Gasteiger partial charge in [-0.15, -0.1) is 21.5 Å². The minimum atomic E-state index is -0.342. The van der Waals surface area contributed by atoms with E-state index < -0.39 is 0 Å². The molecule has 0 spiro atoms. The van der Waals surface area contributed by atoms with Gasteiger partial charge in [0.25, 0.3) is 0 Å². The standard InChI is InChI=1S/C23H22FN5OS3/c1-13-9-14(2)20(15(3)10-13)29(16(4)30)22-25-17(11-31-22)12-32-23-28-27-21(33-23)26-19-8-6-5-7-18(19)24/h5-11H,12H2,1-4H3,(H,26,27). The molecule has 4 aromatic rings. The third-order valence-electron chi connectivity index (χ3n) is 4.77. The molecule has 2 aromatic carbocycles. The van der Waals surface area contributed by atoms with Gasteiger partial charge in [0.1, 0.15) is 5.82 Å². The summed E-state index contributed by atoms with van der Waals surface area (Å²) < 4.78 is 14.6. The molecule has 0 atom stereocenters. The Labute approximate surface area is 203 Å². The van der Waals surface area contributed by atoms with Gasteiger partial charge in [-0.05, 0) is 44.0 Å². The first kappa shape index (κ1) is 23.3. The van der Waals surface area contributed by atoms with Crippen LogP contribution in [0, 0.1) is 26.6 Å². The van der Waals surface area contributed by atoms with Crippen molar-refractivity contribution in [2.75, 3.05) is 10.2 Å². The molecule has 2 aromatic heterocycles. The first-order chi connectivity index (χ1) is 15.8. The number of halogens is 1. The van der Waals surface area contributed by atoms with Crippen LogP contribution in [0.4, 0.5) is 26.0 Å². The molecule has 4 rings (SSSR count). The van der Waals surface area contributed by atoms with E-state index in [-0.39, 0.29) is 11.7 Å². The minimum absolute atomic E-state index is 0.0772. The van der Waals surface area contributed by atoms with Crippen LogP contribution in [-0.4, -0.2) is 21.1 Å². The molecule has 0 fully saturated rings. The van der Waals surface area contributed by atoms with E-state index in [0.29, 0.717) is 21.7 Å². The molecule has 0 saturated carbocycles. The van der Waals surface area contributed by atoms with Crippen LogP contribution in [0.5, 0.6) is 0 Å². The van der Waals surface area contributed by atoms with Gasteiger partial charge < -0.3 is 5.32 Å². The average Bonchev–Trinajstić information content (AvgIpc) is 3.40. The van der Waals surface area contributed by atoms with Gasteiger partial charge in [0.2, 0.25) is 11.0 Å². The number of aromatic nitrogens is 3. The van der Waals surface area contributed by atoms with Gasteiger partial charge in [0.15, 0.2) is 9.47 Å². The highest BCUT2D eigenvalue weighted by atomic mass is 32.2. The number of aryl methyl sites for hydroxylation is 3. The summed E-state index contributed by atoms with van der Waals surface area (Å²) >= 11 is 4.29. The summed E-state index contributed by atoms with van der Waals surface area (Å²) in [5.74, 6) is 0.167. The molecular formula is C23H22FN5OS3. The molecule has 10 heteroatoms. The van der Waals surface area contributed by atoms with Gasteiger partial charge in [-0.1, -0.05) is 52.9 Å². The Morgan fingerprint density at radius 1 is 1.15 bits per heavy atom. The highest BCUT2D eigenvalue weighted by Gasteiger charge is 2.22. The number of carbonyl (C=O) groups is 1. The number of amides is 1. The van der Waals surface area contributed by atoms with Crippen molar-refractivity contribution in [3.8, 4) is 0 Å². The van der Waals surface area contributed by atoms with Crippen LogP contribution in [0.1, 0.15) is 29.3 Å². The number of thioether (sulfide) groups is 1. The third-order valence-corrected chi connectivity index (χ3v) is 7.65. The van der Waals surface area contributed by atoms with E-state index in [9.17, 15) is 9.18 Å². The highest BCUT2D eigenvalue weighted by molar-refractivity contribution is 8.00. The molecule has 0 aliphatic rings. The molecule has 0 unspecified atom stereocenters. The van der Waals surface area contributed by atoms with E-state index in [1.165, 1.54) is 40.5 Å². The second-order valence-electron chi connectivity index (χ2n) is 7.49. The zero-order valence-electron chi connectivity index (χ0n) is 18.5. The lowest BCUT2D eigenvalue weighted by Gasteiger charge is -2.23. The average molecular weight is 500 g/mol. The molecule has 0 aliphatic carbocycles. The Morgan fingerprint density at radius 3 is 2.58 bits per heavy atom. The van der Waals surface area contributed by atoms with E-state index in [1.807, 2.05) is 26.2 Å². The van der Waals surface area contributed by atoms with E-state index in [2.05, 4.69) is 27.6 Å². The number of carbonyl (C=O) groups excluding carboxylic acids is 1. The van der Waals surface area contributed by atoms with E-state index >= 15 is 0 Å². The molecule has 170 valence electrons. The Balaban J connectivity index is 1.46. The Morgan fingerprint density at radius 2 is 1.88 bits per heavy atom. The number of anilines is 4. The van der Waals surface area contributed by atoms with Gasteiger partial charge in [-0.2, -0.15) is 0 Å². The van der Waals surface area contributed by atoms with Crippen molar-refractivity contribution in [1.82, 2.24) is 15.2 Å². The molecule has 0 aliphatic heterocycles. The van der Waals surface area contributed by atoms with Crippen molar-refractivity contribution in [1.29, 1.82) is 0 Å². The maximum atomic E-state index is 13.8. The fraction of sp³-hybridized carbons (Fsp3) is 0.217. The third kappa shape index (κ3) is 5.40. The second kappa shape index (κ2) is 9.98. The molecule has 0 saturated heterocycles. The summed E-state index contributed by atoms with van der Waals surface area (Å²) in [6.07, 6.45) is 0. The van der Waals surface area contributed by atoms with Gasteiger partial charge >= 0.3 is 0 Å². The van der Waals surface area contributed by atoms with Crippen molar-refractivity contribution in [3.05, 3.63) is 70.0 Å². The number of nitrogens with zero attached hydrogens (tertiary/aromatic N) is 4. The van der Waals surface area contributed by atoms with Crippen molar-refractivity contribution in [2.24, 2.45) is 0 Å². The summed E-state index contributed by atoms with van der Waals surface area (Å²) in [6, 6.07) is 10.6. The number of nitrogens with one attached hydrogen (secondary N) is 1. The normalized spacial score (nSPS) is 10.9. The molecule has 0 bridgehead atoms. The molecular weight excluding hydrogens is 477 g/mol. The number of rotatable bonds is 7. The zero-order valence-corrected chi connectivity index (χ0v) is 21.0. The van der Waals surface area contributed by atoms with Crippen LogP contribution in [-0.2, 0) is 10.5 Å². The van der Waals surface area contributed by atoms with Crippen LogP contribution < -0.4 is 10.2 Å². The lowest BCUT2D eigenvalue weighted by atomic mass is 10.0. The highest BCUT2D eigenvalue weighted by Crippen LogP contribution is 2.36. The Hall–Kier alpha value is -2.82. The van der Waals surface area contributed by atoms with Crippen LogP contribution in [0.15, 0.2) is 46.1 Å². The zero-order chi connectivity index (χ0) is 23.5. The number of para-hydroxylation sites is 1. The summed E-state index contributed by atoms with van der Waals surface area (Å²) in [5, 5.41) is 14.3. The fourth-order valence-corrected chi connectivity index (χ4v) is 6.15. The maximum Gasteiger partial charge on any atom is 0.230 e. The van der Waals surface area contributed by atoms with Crippen molar-refractivity contribution in [2.45, 2.75) is 37.8 Å². The molecule has 1 N–H and O–H groups in total. The predicted molar refractivity (Wildman–Crippen MR) is 135 cm³/mol. The Kier molecular flexibility index (Phi) is 7.06. The van der Waals surface area contributed by atoms with Gasteiger partial charge in [-0.25, -0.2) is 9.37 Å². The lowest BCUT2D eigenvalue weighted by Crippen LogP contribution is -2.24. The number of benzene rings is 2. The Bertz CT molecular complexity index is 1280. The largest absolute Gasteiger partial charge is 0.328 e. The smallest absolute Gasteiger partial charge is 0.230 e.